The van der Waals surface area contributed by atoms with E-state index in [0.717, 1.165) is 28.9 Å². The number of nitrogens with one attached hydrogen (secondary N) is 2. The number of halogens is 1. The number of morpholine rings is 1. The number of anilines is 1. The number of thiophene rings is 1. The number of aryl methyl sites for hydroxylation is 1. The standard InChI is InChI=1S/C20H22FN3O3S/c1-12-9-16-19(28-12)14(11-24-5-7-27-8-6-24)18(23-16)20(25)22-13-3-4-17(26-2)15(21)10-13/h3-4,9-10,23H,5-8,11H2,1-2H3,(H,22,25). The lowest BCUT2D eigenvalue weighted by Crippen LogP contribution is -2.36. The molecule has 0 unspecified atom stereocenters. The largest absolute Gasteiger partial charge is 0.494 e. The molecule has 0 spiro atoms. The first-order valence-corrected chi connectivity index (χ1v) is 9.93. The number of ether oxygens (including phenoxy) is 2. The molecule has 0 aliphatic carbocycles. The Hall–Kier alpha value is -2.42. The summed E-state index contributed by atoms with van der Waals surface area (Å²) >= 11 is 1.67. The van der Waals surface area contributed by atoms with E-state index in [1.165, 1.54) is 24.1 Å². The van der Waals surface area contributed by atoms with Crippen LogP contribution in [0.1, 0.15) is 20.9 Å². The van der Waals surface area contributed by atoms with Crippen LogP contribution >= 0.6 is 11.3 Å². The van der Waals surface area contributed by atoms with E-state index in [0.29, 0.717) is 31.1 Å². The van der Waals surface area contributed by atoms with Crippen molar-refractivity contribution < 1.29 is 18.7 Å². The Kier molecular flexibility index (Phi) is 5.34. The molecule has 2 aromatic heterocycles. The van der Waals surface area contributed by atoms with Crippen molar-refractivity contribution in [3.05, 3.63) is 46.2 Å². The van der Waals surface area contributed by atoms with E-state index in [-0.39, 0.29) is 11.7 Å². The third-order valence-corrected chi connectivity index (χ3v) is 5.92. The van der Waals surface area contributed by atoms with E-state index in [2.05, 4.69) is 22.1 Å². The average molecular weight is 403 g/mol. The summed E-state index contributed by atoms with van der Waals surface area (Å²) in [5, 5.41) is 2.79. The molecule has 0 atom stereocenters. The molecule has 1 amide bonds. The first-order valence-electron chi connectivity index (χ1n) is 9.11. The van der Waals surface area contributed by atoms with Gasteiger partial charge in [0.15, 0.2) is 11.6 Å². The zero-order valence-electron chi connectivity index (χ0n) is 15.8. The van der Waals surface area contributed by atoms with Gasteiger partial charge in [0.25, 0.3) is 5.91 Å². The first-order chi connectivity index (χ1) is 13.5. The van der Waals surface area contributed by atoms with Crippen LogP contribution in [0.5, 0.6) is 5.75 Å². The molecule has 1 saturated heterocycles. The summed E-state index contributed by atoms with van der Waals surface area (Å²) in [6.45, 7) is 5.79. The van der Waals surface area contributed by atoms with Crippen LogP contribution in [0, 0.1) is 12.7 Å². The number of hydrogen-bond acceptors (Lipinski definition) is 5. The highest BCUT2D eigenvalue weighted by Gasteiger charge is 2.23. The zero-order valence-corrected chi connectivity index (χ0v) is 16.6. The SMILES string of the molecule is COc1ccc(NC(=O)c2[nH]c3cc(C)sc3c2CN2CCOCC2)cc1F. The van der Waals surface area contributed by atoms with E-state index < -0.39 is 5.82 Å². The molecule has 3 aromatic rings. The normalized spacial score (nSPS) is 15.1. The lowest BCUT2D eigenvalue weighted by Gasteiger charge is -2.26. The van der Waals surface area contributed by atoms with Crippen LogP contribution in [0.2, 0.25) is 0 Å². The van der Waals surface area contributed by atoms with Crippen molar-refractivity contribution in [3.8, 4) is 5.75 Å². The number of amides is 1. The summed E-state index contributed by atoms with van der Waals surface area (Å²) in [6, 6.07) is 6.42. The Bertz CT molecular complexity index is 1010. The Balaban J connectivity index is 1.63. The van der Waals surface area contributed by atoms with E-state index >= 15 is 0 Å². The Labute approximate surface area is 166 Å². The minimum Gasteiger partial charge on any atom is -0.494 e. The summed E-state index contributed by atoms with van der Waals surface area (Å²) < 4.78 is 25.4. The maximum Gasteiger partial charge on any atom is 0.272 e. The molecule has 1 aromatic carbocycles. The molecule has 1 fully saturated rings. The van der Waals surface area contributed by atoms with Crippen LogP contribution in [0.4, 0.5) is 10.1 Å². The molecule has 0 saturated carbocycles. The number of carbonyl (C=O) groups is 1. The molecule has 1 aliphatic heterocycles. The highest BCUT2D eigenvalue weighted by atomic mass is 32.1. The minimum absolute atomic E-state index is 0.141. The Morgan fingerprint density at radius 3 is 2.86 bits per heavy atom. The number of rotatable bonds is 5. The van der Waals surface area contributed by atoms with Crippen molar-refractivity contribution >= 4 is 33.1 Å². The number of fused-ring (bicyclic) bond motifs is 1. The van der Waals surface area contributed by atoms with Crippen LogP contribution in [-0.4, -0.2) is 49.2 Å². The predicted molar refractivity (Wildman–Crippen MR) is 108 cm³/mol. The third-order valence-electron chi connectivity index (χ3n) is 4.81. The lowest BCUT2D eigenvalue weighted by molar-refractivity contribution is 0.0343. The highest BCUT2D eigenvalue weighted by molar-refractivity contribution is 7.19. The molecular formula is C20H22FN3O3S. The van der Waals surface area contributed by atoms with Gasteiger partial charge in [-0.1, -0.05) is 0 Å². The Morgan fingerprint density at radius 1 is 1.36 bits per heavy atom. The quantitative estimate of drug-likeness (QED) is 0.681. The van der Waals surface area contributed by atoms with Crippen LogP contribution in [0.25, 0.3) is 10.2 Å². The van der Waals surface area contributed by atoms with Crippen molar-refractivity contribution in [2.75, 3.05) is 38.7 Å². The number of aromatic amines is 1. The van der Waals surface area contributed by atoms with Crippen molar-refractivity contribution in [1.29, 1.82) is 0 Å². The van der Waals surface area contributed by atoms with Gasteiger partial charge in [-0.3, -0.25) is 9.69 Å². The van der Waals surface area contributed by atoms with E-state index in [1.807, 2.05) is 6.07 Å². The molecule has 6 nitrogen and oxygen atoms in total. The molecule has 0 bridgehead atoms. The van der Waals surface area contributed by atoms with E-state index in [4.69, 9.17) is 9.47 Å². The average Bonchev–Trinajstić information content (AvgIpc) is 3.20. The maximum absolute atomic E-state index is 14.0. The van der Waals surface area contributed by atoms with Gasteiger partial charge in [-0.15, -0.1) is 11.3 Å². The van der Waals surface area contributed by atoms with E-state index in [1.54, 1.807) is 17.4 Å². The molecule has 3 heterocycles. The van der Waals surface area contributed by atoms with Crippen LogP contribution in [0.3, 0.4) is 0 Å². The van der Waals surface area contributed by atoms with Gasteiger partial charge in [-0.2, -0.15) is 0 Å². The summed E-state index contributed by atoms with van der Waals surface area (Å²) in [5.74, 6) is -0.660. The first kappa shape index (κ1) is 18.9. The number of methoxy groups -OCH3 is 1. The zero-order chi connectivity index (χ0) is 19.7. The van der Waals surface area contributed by atoms with Crippen molar-refractivity contribution in [2.45, 2.75) is 13.5 Å². The molecule has 2 N–H and O–H groups in total. The summed E-state index contributed by atoms with van der Waals surface area (Å²) in [7, 11) is 1.40. The maximum atomic E-state index is 14.0. The second-order valence-electron chi connectivity index (χ2n) is 6.77. The molecule has 1 aliphatic rings. The number of aromatic nitrogens is 1. The molecular weight excluding hydrogens is 381 g/mol. The van der Waals surface area contributed by atoms with Crippen LogP contribution in [-0.2, 0) is 11.3 Å². The second kappa shape index (κ2) is 7.90. The third kappa shape index (κ3) is 3.76. The fourth-order valence-corrected chi connectivity index (χ4v) is 4.43. The molecule has 28 heavy (non-hydrogen) atoms. The number of nitrogens with zero attached hydrogens (tertiary/aromatic N) is 1. The highest BCUT2D eigenvalue weighted by Crippen LogP contribution is 2.32. The van der Waals surface area contributed by atoms with Gasteiger partial charge in [0, 0.05) is 41.8 Å². The van der Waals surface area contributed by atoms with Crippen molar-refractivity contribution in [1.82, 2.24) is 9.88 Å². The number of benzene rings is 1. The second-order valence-corrected chi connectivity index (χ2v) is 8.03. The Morgan fingerprint density at radius 2 is 2.14 bits per heavy atom. The van der Waals surface area contributed by atoms with E-state index in [9.17, 15) is 9.18 Å². The van der Waals surface area contributed by atoms with Crippen molar-refractivity contribution in [2.24, 2.45) is 0 Å². The fraction of sp³-hybridized carbons (Fsp3) is 0.350. The van der Waals surface area contributed by atoms with Gasteiger partial charge in [0.2, 0.25) is 0 Å². The van der Waals surface area contributed by atoms with Gasteiger partial charge in [0.05, 0.1) is 30.5 Å². The molecule has 148 valence electrons. The number of H-pyrrole nitrogens is 1. The van der Waals surface area contributed by atoms with Gasteiger partial charge >= 0.3 is 0 Å². The monoisotopic (exact) mass is 403 g/mol. The van der Waals surface area contributed by atoms with Gasteiger partial charge in [0.1, 0.15) is 5.69 Å². The molecule has 4 rings (SSSR count). The lowest BCUT2D eigenvalue weighted by atomic mass is 10.2. The summed E-state index contributed by atoms with van der Waals surface area (Å²) in [5.41, 5.74) is 2.83. The minimum atomic E-state index is -0.517. The summed E-state index contributed by atoms with van der Waals surface area (Å²) in [4.78, 5) is 19.7. The fourth-order valence-electron chi connectivity index (χ4n) is 3.42. The number of hydrogen-bond donors (Lipinski definition) is 2. The van der Waals surface area contributed by atoms with Crippen LogP contribution in [0.15, 0.2) is 24.3 Å². The van der Waals surface area contributed by atoms with Crippen molar-refractivity contribution in [3.63, 3.8) is 0 Å². The molecule has 0 radical (unpaired) electrons. The molecule has 8 heteroatoms. The van der Waals surface area contributed by atoms with Gasteiger partial charge in [-0.25, -0.2) is 4.39 Å². The van der Waals surface area contributed by atoms with Gasteiger partial charge in [-0.05, 0) is 25.1 Å². The smallest absolute Gasteiger partial charge is 0.272 e. The number of carbonyl (C=O) groups excluding carboxylic acids is 1. The topological polar surface area (TPSA) is 66.6 Å². The predicted octanol–water partition coefficient (Wildman–Crippen LogP) is 3.77. The summed E-state index contributed by atoms with van der Waals surface area (Å²) in [6.07, 6.45) is 0. The van der Waals surface area contributed by atoms with Crippen LogP contribution < -0.4 is 10.1 Å². The van der Waals surface area contributed by atoms with Gasteiger partial charge < -0.3 is 19.8 Å².